The number of para-hydroxylation sites is 1. The van der Waals surface area contributed by atoms with Crippen LogP contribution in [0.1, 0.15) is 16.2 Å². The first-order chi connectivity index (χ1) is 16.8. The van der Waals surface area contributed by atoms with Gasteiger partial charge >= 0.3 is 5.97 Å². The summed E-state index contributed by atoms with van der Waals surface area (Å²) in [6.45, 7) is -0.401. The zero-order valence-electron chi connectivity index (χ0n) is 18.3. The van der Waals surface area contributed by atoms with Crippen LogP contribution in [0.5, 0.6) is 0 Å². The summed E-state index contributed by atoms with van der Waals surface area (Å²) in [6.07, 6.45) is 0. The molecule has 0 saturated carbocycles. The molecule has 1 heterocycles. The number of nitro benzene ring substituents is 1. The molecule has 11 nitrogen and oxygen atoms in total. The number of carbonyl (C=O) groups is 1. The third-order valence-corrected chi connectivity index (χ3v) is 6.83. The van der Waals surface area contributed by atoms with E-state index in [1.807, 2.05) is 0 Å². The Morgan fingerprint density at radius 3 is 2.34 bits per heavy atom. The van der Waals surface area contributed by atoms with E-state index in [1.165, 1.54) is 55.6 Å². The van der Waals surface area contributed by atoms with Crippen molar-refractivity contribution in [2.45, 2.75) is 11.5 Å². The predicted molar refractivity (Wildman–Crippen MR) is 124 cm³/mol. The maximum absolute atomic E-state index is 13.2. The topological polar surface area (TPSA) is 146 Å². The zero-order chi connectivity index (χ0) is 25.0. The van der Waals surface area contributed by atoms with Crippen LogP contribution in [0.3, 0.4) is 0 Å². The Kier molecular flexibility index (Phi) is 6.55. The molecule has 0 fully saturated rings. The number of nitrogens with zero attached hydrogens (tertiary/aromatic N) is 4. The summed E-state index contributed by atoms with van der Waals surface area (Å²) < 4.78 is 38.1. The molecule has 0 saturated heterocycles. The Morgan fingerprint density at radius 1 is 1.00 bits per heavy atom. The van der Waals surface area contributed by atoms with Crippen molar-refractivity contribution in [2.24, 2.45) is 0 Å². The summed E-state index contributed by atoms with van der Waals surface area (Å²) >= 11 is 0. The number of hydrogen-bond donors (Lipinski definition) is 0. The van der Waals surface area contributed by atoms with Crippen LogP contribution in [0.4, 0.5) is 11.4 Å². The molecule has 4 aromatic rings. The molecule has 0 radical (unpaired) electrons. The first-order valence-electron chi connectivity index (χ1n) is 10.1. The lowest BCUT2D eigenvalue weighted by molar-refractivity contribution is -0.384. The Balaban J connectivity index is 1.50. The maximum atomic E-state index is 13.2. The van der Waals surface area contributed by atoms with Gasteiger partial charge < -0.3 is 9.15 Å². The molecule has 4 rings (SSSR count). The van der Waals surface area contributed by atoms with Crippen molar-refractivity contribution in [3.8, 4) is 11.5 Å². The number of hydrogen-bond acceptors (Lipinski definition) is 9. The molecule has 178 valence electrons. The molecule has 0 bridgehead atoms. The number of sulfonamides is 1. The highest BCUT2D eigenvalue weighted by molar-refractivity contribution is 7.92. The average Bonchev–Trinajstić information content (AvgIpc) is 3.36. The Morgan fingerprint density at radius 2 is 1.66 bits per heavy atom. The number of ether oxygens (including phenoxy) is 1. The van der Waals surface area contributed by atoms with Crippen LogP contribution in [0.2, 0.25) is 0 Å². The largest absolute Gasteiger partial charge is 0.452 e. The molecule has 0 N–H and O–H groups in total. The second kappa shape index (κ2) is 9.73. The van der Waals surface area contributed by atoms with E-state index in [9.17, 15) is 23.3 Å². The van der Waals surface area contributed by atoms with Gasteiger partial charge in [-0.2, -0.15) is 0 Å². The number of non-ortho nitro benzene ring substituents is 1. The minimum atomic E-state index is -4.06. The monoisotopic (exact) mass is 494 g/mol. The number of aromatic nitrogens is 2. The van der Waals surface area contributed by atoms with Gasteiger partial charge in [0.05, 0.1) is 16.2 Å². The van der Waals surface area contributed by atoms with E-state index in [1.54, 1.807) is 30.3 Å². The van der Waals surface area contributed by atoms with Gasteiger partial charge in [0.1, 0.15) is 4.90 Å². The lowest BCUT2D eigenvalue weighted by atomic mass is 10.2. The Hall–Kier alpha value is -4.58. The van der Waals surface area contributed by atoms with Gasteiger partial charge in [-0.25, -0.2) is 13.2 Å². The number of esters is 1. The maximum Gasteiger partial charge on any atom is 0.340 e. The minimum absolute atomic E-state index is 0.0338. The van der Waals surface area contributed by atoms with Crippen molar-refractivity contribution in [3.05, 3.63) is 100 Å². The van der Waals surface area contributed by atoms with Crippen molar-refractivity contribution in [1.29, 1.82) is 0 Å². The van der Waals surface area contributed by atoms with E-state index >= 15 is 0 Å². The fourth-order valence-electron chi connectivity index (χ4n) is 3.14. The molecule has 3 aromatic carbocycles. The van der Waals surface area contributed by atoms with Crippen molar-refractivity contribution < 1.29 is 27.3 Å². The lowest BCUT2D eigenvalue weighted by Crippen LogP contribution is -2.28. The second-order valence-corrected chi connectivity index (χ2v) is 9.12. The number of carbonyl (C=O) groups excluding carboxylic acids is 1. The summed E-state index contributed by atoms with van der Waals surface area (Å²) in [4.78, 5) is 22.8. The molecular formula is C23H18N4O7S. The SMILES string of the molecule is CN(c1ccccc1)S(=O)(=O)c1ccccc1C(=O)OCc1nnc(-c2ccc([N+](=O)[O-])cc2)o1. The van der Waals surface area contributed by atoms with Crippen LogP contribution in [0.25, 0.3) is 11.5 Å². The smallest absolute Gasteiger partial charge is 0.340 e. The highest BCUT2D eigenvalue weighted by atomic mass is 32.2. The molecule has 12 heteroatoms. The first kappa shape index (κ1) is 23.6. The molecule has 0 aliphatic carbocycles. The highest BCUT2D eigenvalue weighted by Crippen LogP contribution is 2.25. The minimum Gasteiger partial charge on any atom is -0.452 e. The van der Waals surface area contributed by atoms with E-state index in [0.29, 0.717) is 11.3 Å². The van der Waals surface area contributed by atoms with Crippen molar-refractivity contribution in [3.63, 3.8) is 0 Å². The van der Waals surface area contributed by atoms with Crippen molar-refractivity contribution in [2.75, 3.05) is 11.4 Å². The fraction of sp³-hybridized carbons (Fsp3) is 0.0870. The van der Waals surface area contributed by atoms with Crippen LogP contribution in [0.15, 0.2) is 88.2 Å². The van der Waals surface area contributed by atoms with Crippen LogP contribution in [-0.2, 0) is 21.4 Å². The van der Waals surface area contributed by atoms with Crippen LogP contribution >= 0.6 is 0 Å². The third-order valence-electron chi connectivity index (χ3n) is 4.98. The van der Waals surface area contributed by atoms with E-state index in [0.717, 1.165) is 4.31 Å². The Bertz CT molecular complexity index is 1470. The van der Waals surface area contributed by atoms with E-state index in [-0.39, 0.29) is 27.9 Å². The summed E-state index contributed by atoms with van der Waals surface area (Å²) in [7, 11) is -2.67. The first-order valence-corrected chi connectivity index (χ1v) is 11.6. The summed E-state index contributed by atoms with van der Waals surface area (Å²) in [6, 6.07) is 19.6. The van der Waals surface area contributed by atoms with Gasteiger partial charge in [-0.15, -0.1) is 10.2 Å². The molecule has 0 unspecified atom stereocenters. The second-order valence-electron chi connectivity index (χ2n) is 7.19. The molecule has 35 heavy (non-hydrogen) atoms. The summed E-state index contributed by atoms with van der Waals surface area (Å²) in [5.41, 5.74) is 0.640. The van der Waals surface area contributed by atoms with Crippen LogP contribution in [-0.4, -0.2) is 36.6 Å². The van der Waals surface area contributed by atoms with Crippen LogP contribution < -0.4 is 4.31 Å². The van der Waals surface area contributed by atoms with Gasteiger partial charge in [-0.1, -0.05) is 30.3 Å². The average molecular weight is 494 g/mol. The van der Waals surface area contributed by atoms with Gasteiger partial charge in [0.2, 0.25) is 5.89 Å². The van der Waals surface area contributed by atoms with E-state index < -0.39 is 27.5 Å². The summed E-state index contributed by atoms with van der Waals surface area (Å²) in [5, 5.41) is 18.4. The lowest BCUT2D eigenvalue weighted by Gasteiger charge is -2.20. The normalized spacial score (nSPS) is 11.1. The molecular weight excluding hydrogens is 476 g/mol. The van der Waals surface area contributed by atoms with E-state index in [4.69, 9.17) is 9.15 Å². The van der Waals surface area contributed by atoms with Gasteiger partial charge in [-0.3, -0.25) is 14.4 Å². The highest BCUT2D eigenvalue weighted by Gasteiger charge is 2.27. The zero-order valence-corrected chi connectivity index (χ0v) is 19.1. The molecule has 0 spiro atoms. The molecule has 0 amide bonds. The van der Waals surface area contributed by atoms with Crippen molar-refractivity contribution >= 4 is 27.4 Å². The number of rotatable bonds is 8. The number of nitro groups is 1. The Labute approximate surface area is 199 Å². The number of benzene rings is 3. The van der Waals surface area contributed by atoms with Gasteiger partial charge in [0, 0.05) is 24.7 Å². The van der Waals surface area contributed by atoms with Gasteiger partial charge in [0.25, 0.3) is 21.6 Å². The molecule has 0 aliphatic rings. The molecule has 1 aromatic heterocycles. The fourth-order valence-corrected chi connectivity index (χ4v) is 4.52. The standard InChI is InChI=1S/C23H18N4O7S/c1-26(17-7-3-2-4-8-17)35(31,32)20-10-6-5-9-19(20)23(28)33-15-21-24-25-22(34-21)16-11-13-18(14-12-16)27(29)30/h2-14H,15H2,1H3. The molecule has 0 atom stereocenters. The van der Waals surface area contributed by atoms with Gasteiger partial charge in [-0.05, 0) is 36.4 Å². The van der Waals surface area contributed by atoms with E-state index in [2.05, 4.69) is 10.2 Å². The number of anilines is 1. The molecule has 0 aliphatic heterocycles. The quantitative estimate of drug-likeness (QED) is 0.203. The third kappa shape index (κ3) is 5.01. The summed E-state index contributed by atoms with van der Waals surface area (Å²) in [5.74, 6) is -0.840. The van der Waals surface area contributed by atoms with Crippen LogP contribution in [0, 0.1) is 10.1 Å². The predicted octanol–water partition coefficient (Wildman–Crippen LogP) is 3.83. The van der Waals surface area contributed by atoms with Crippen molar-refractivity contribution in [1.82, 2.24) is 10.2 Å². The van der Waals surface area contributed by atoms with Gasteiger partial charge in [0.15, 0.2) is 6.61 Å².